The summed E-state index contributed by atoms with van der Waals surface area (Å²) in [5, 5.41) is 9.41. The maximum Gasteiger partial charge on any atom is 0.125 e. The first-order valence-corrected chi connectivity index (χ1v) is 8.82. The van der Waals surface area contributed by atoms with Crippen LogP contribution in [0.4, 0.5) is 5.69 Å². The van der Waals surface area contributed by atoms with Crippen LogP contribution in [0.1, 0.15) is 43.9 Å². The van der Waals surface area contributed by atoms with Gasteiger partial charge in [0.25, 0.3) is 0 Å². The number of aryl methyl sites for hydroxylation is 1. The number of hydrogen-bond donors (Lipinski definition) is 1. The zero-order chi connectivity index (χ0) is 17.1. The lowest BCUT2D eigenvalue weighted by Crippen LogP contribution is -2.36. The summed E-state index contributed by atoms with van der Waals surface area (Å²) >= 11 is 0. The molecule has 2 aromatic carbocycles. The molecule has 0 saturated heterocycles. The van der Waals surface area contributed by atoms with Crippen LogP contribution in [-0.2, 0) is 19.6 Å². The molecule has 1 aliphatic rings. The van der Waals surface area contributed by atoms with E-state index in [0.717, 1.165) is 24.3 Å². The number of benzene rings is 2. The van der Waals surface area contributed by atoms with E-state index in [1.807, 2.05) is 26.0 Å². The number of ether oxygens (including phenoxy) is 1. The van der Waals surface area contributed by atoms with Gasteiger partial charge in [0.1, 0.15) is 5.75 Å². The molecule has 1 aliphatic heterocycles. The fourth-order valence-electron chi connectivity index (χ4n) is 3.38. The first-order valence-electron chi connectivity index (χ1n) is 8.82. The third-order valence-corrected chi connectivity index (χ3v) is 4.68. The van der Waals surface area contributed by atoms with Gasteiger partial charge in [-0.25, -0.2) is 0 Å². The molecule has 1 unspecified atom stereocenters. The van der Waals surface area contributed by atoms with E-state index < -0.39 is 0 Å². The third-order valence-electron chi connectivity index (χ3n) is 4.68. The fourth-order valence-corrected chi connectivity index (χ4v) is 3.38. The Morgan fingerprint density at radius 1 is 1.21 bits per heavy atom. The van der Waals surface area contributed by atoms with E-state index in [1.165, 1.54) is 23.2 Å². The van der Waals surface area contributed by atoms with Crippen molar-refractivity contribution in [2.45, 2.75) is 58.9 Å². The second kappa shape index (κ2) is 7.27. The second-order valence-corrected chi connectivity index (χ2v) is 6.91. The monoisotopic (exact) mass is 325 g/mol. The molecular weight excluding hydrogens is 298 g/mol. The Labute approximate surface area is 144 Å². The van der Waals surface area contributed by atoms with E-state index in [-0.39, 0.29) is 12.7 Å². The normalized spacial score (nSPS) is 17.0. The van der Waals surface area contributed by atoms with E-state index in [1.54, 1.807) is 0 Å². The first kappa shape index (κ1) is 16.8. The highest BCUT2D eigenvalue weighted by atomic mass is 16.5. The molecule has 0 spiro atoms. The smallest absolute Gasteiger partial charge is 0.125 e. The summed E-state index contributed by atoms with van der Waals surface area (Å²) in [5.74, 6) is 0.881. The molecular formula is C21H27NO2. The van der Waals surface area contributed by atoms with Gasteiger partial charge in [-0.05, 0) is 56.9 Å². The van der Waals surface area contributed by atoms with Crippen LogP contribution in [-0.4, -0.2) is 17.3 Å². The highest BCUT2D eigenvalue weighted by Gasteiger charge is 2.23. The van der Waals surface area contributed by atoms with Crippen molar-refractivity contribution < 1.29 is 9.84 Å². The van der Waals surface area contributed by atoms with E-state index in [9.17, 15) is 5.11 Å². The molecule has 3 rings (SSSR count). The molecule has 0 radical (unpaired) electrons. The highest BCUT2D eigenvalue weighted by molar-refractivity contribution is 5.57. The minimum absolute atomic E-state index is 0.0394. The quantitative estimate of drug-likeness (QED) is 0.889. The topological polar surface area (TPSA) is 32.7 Å². The van der Waals surface area contributed by atoms with Gasteiger partial charge < -0.3 is 14.7 Å². The van der Waals surface area contributed by atoms with Crippen LogP contribution in [0.15, 0.2) is 42.5 Å². The summed E-state index contributed by atoms with van der Waals surface area (Å²) < 4.78 is 6.01. The summed E-state index contributed by atoms with van der Waals surface area (Å²) in [4.78, 5) is 2.47. The molecule has 0 amide bonds. The number of hydrogen-bond acceptors (Lipinski definition) is 3. The fraction of sp³-hybridized carbons (Fsp3) is 0.429. The van der Waals surface area contributed by atoms with E-state index in [2.05, 4.69) is 42.2 Å². The highest BCUT2D eigenvalue weighted by Crippen LogP contribution is 2.33. The van der Waals surface area contributed by atoms with Gasteiger partial charge in [-0.2, -0.15) is 0 Å². The number of rotatable bonds is 5. The Morgan fingerprint density at radius 2 is 2.00 bits per heavy atom. The van der Waals surface area contributed by atoms with Gasteiger partial charge in [0, 0.05) is 23.8 Å². The Morgan fingerprint density at radius 3 is 2.75 bits per heavy atom. The third kappa shape index (κ3) is 3.57. The number of anilines is 1. The maximum absolute atomic E-state index is 9.41. The Balaban J connectivity index is 1.93. The van der Waals surface area contributed by atoms with Crippen molar-refractivity contribution in [2.24, 2.45) is 0 Å². The zero-order valence-corrected chi connectivity index (χ0v) is 14.8. The molecule has 3 heteroatoms. The number of aliphatic hydroxyl groups excluding tert-OH is 1. The van der Waals surface area contributed by atoms with Crippen LogP contribution in [0.3, 0.4) is 0 Å². The van der Waals surface area contributed by atoms with Crippen molar-refractivity contribution in [1.29, 1.82) is 0 Å². The summed E-state index contributed by atoms with van der Waals surface area (Å²) in [6.45, 7) is 7.23. The lowest BCUT2D eigenvalue weighted by molar-refractivity contribution is 0.237. The van der Waals surface area contributed by atoms with Crippen LogP contribution < -0.4 is 9.64 Å². The van der Waals surface area contributed by atoms with Gasteiger partial charge in [0.05, 0.1) is 12.7 Å². The van der Waals surface area contributed by atoms with Gasteiger partial charge >= 0.3 is 0 Å². The average Bonchev–Trinajstić information content (AvgIpc) is 2.58. The van der Waals surface area contributed by atoms with Crippen LogP contribution in [0.5, 0.6) is 5.75 Å². The molecule has 0 fully saturated rings. The molecule has 1 atom stereocenters. The first-order chi connectivity index (χ1) is 11.6. The summed E-state index contributed by atoms with van der Waals surface area (Å²) in [5.41, 5.74) is 4.82. The number of para-hydroxylation sites is 1. The minimum atomic E-state index is 0.0394. The van der Waals surface area contributed by atoms with Crippen LogP contribution >= 0.6 is 0 Å². The predicted octanol–water partition coefficient (Wildman–Crippen LogP) is 4.31. The molecule has 1 N–H and O–H groups in total. The predicted molar refractivity (Wildman–Crippen MR) is 98.5 cm³/mol. The molecule has 0 aliphatic carbocycles. The van der Waals surface area contributed by atoms with E-state index >= 15 is 0 Å². The second-order valence-electron chi connectivity index (χ2n) is 6.91. The SMILES string of the molecule is CC(C)Oc1cc(CO)ccc1CN1c2ccccc2CCC1C. The van der Waals surface area contributed by atoms with Gasteiger partial charge in [0.15, 0.2) is 0 Å². The van der Waals surface area contributed by atoms with Crippen LogP contribution in [0, 0.1) is 0 Å². The van der Waals surface area contributed by atoms with Crippen molar-refractivity contribution in [3.63, 3.8) is 0 Å². The van der Waals surface area contributed by atoms with E-state index in [0.29, 0.717) is 6.04 Å². The van der Waals surface area contributed by atoms with Crippen molar-refractivity contribution in [3.8, 4) is 5.75 Å². The van der Waals surface area contributed by atoms with Gasteiger partial charge in [0.2, 0.25) is 0 Å². The summed E-state index contributed by atoms with van der Waals surface area (Å²) in [6, 6.07) is 15.2. The van der Waals surface area contributed by atoms with Crippen LogP contribution in [0.2, 0.25) is 0 Å². The lowest BCUT2D eigenvalue weighted by atomic mass is 9.96. The summed E-state index contributed by atoms with van der Waals surface area (Å²) in [6.07, 6.45) is 2.43. The van der Waals surface area contributed by atoms with Crippen molar-refractivity contribution in [1.82, 2.24) is 0 Å². The number of nitrogens with zero attached hydrogens (tertiary/aromatic N) is 1. The molecule has 2 aromatic rings. The Hall–Kier alpha value is -2.00. The van der Waals surface area contributed by atoms with Crippen molar-refractivity contribution >= 4 is 5.69 Å². The largest absolute Gasteiger partial charge is 0.491 e. The maximum atomic E-state index is 9.41. The zero-order valence-electron chi connectivity index (χ0n) is 14.8. The van der Waals surface area contributed by atoms with Gasteiger partial charge in [-0.3, -0.25) is 0 Å². The van der Waals surface area contributed by atoms with Crippen LogP contribution in [0.25, 0.3) is 0 Å². The van der Waals surface area contributed by atoms with Crippen molar-refractivity contribution in [3.05, 3.63) is 59.2 Å². The molecule has 0 aromatic heterocycles. The molecule has 3 nitrogen and oxygen atoms in total. The number of aliphatic hydroxyl groups is 1. The molecule has 128 valence electrons. The van der Waals surface area contributed by atoms with Crippen molar-refractivity contribution in [2.75, 3.05) is 4.90 Å². The molecule has 1 heterocycles. The summed E-state index contributed by atoms with van der Waals surface area (Å²) in [7, 11) is 0. The van der Waals surface area contributed by atoms with E-state index in [4.69, 9.17) is 4.74 Å². The number of fused-ring (bicyclic) bond motifs is 1. The standard InChI is InChI=1S/C21H27NO2/c1-15(2)24-21-12-17(14-23)9-11-19(21)13-22-16(3)8-10-18-6-4-5-7-20(18)22/h4-7,9,11-12,15-16,23H,8,10,13-14H2,1-3H3. The Kier molecular flexibility index (Phi) is 5.10. The van der Waals surface area contributed by atoms with Gasteiger partial charge in [-0.1, -0.05) is 30.3 Å². The minimum Gasteiger partial charge on any atom is -0.491 e. The average molecular weight is 325 g/mol. The molecule has 0 bridgehead atoms. The Bertz CT molecular complexity index is 696. The van der Waals surface area contributed by atoms with Gasteiger partial charge in [-0.15, -0.1) is 0 Å². The molecule has 24 heavy (non-hydrogen) atoms. The lowest BCUT2D eigenvalue weighted by Gasteiger charge is -2.37. The molecule has 0 saturated carbocycles.